The van der Waals surface area contributed by atoms with Crippen molar-refractivity contribution in [2.75, 3.05) is 11.9 Å². The lowest BCUT2D eigenvalue weighted by molar-refractivity contribution is -0.140. The normalized spacial score (nSPS) is 19.3. The van der Waals surface area contributed by atoms with Crippen LogP contribution in [0.4, 0.5) is 23.2 Å². The first-order chi connectivity index (χ1) is 9.86. The first-order valence-corrected chi connectivity index (χ1v) is 6.76. The van der Waals surface area contributed by atoms with Gasteiger partial charge >= 0.3 is 6.18 Å². The third-order valence-corrected chi connectivity index (χ3v) is 3.40. The van der Waals surface area contributed by atoms with E-state index in [9.17, 15) is 22.4 Å². The molecule has 0 radical (unpaired) electrons. The van der Waals surface area contributed by atoms with Crippen molar-refractivity contribution in [1.29, 1.82) is 0 Å². The van der Waals surface area contributed by atoms with Gasteiger partial charge in [0.15, 0.2) is 0 Å². The molecule has 1 fully saturated rings. The van der Waals surface area contributed by atoms with Crippen molar-refractivity contribution in [3.8, 4) is 0 Å². The summed E-state index contributed by atoms with van der Waals surface area (Å²) in [4.78, 5) is 11.8. The Balaban J connectivity index is 2.00. The van der Waals surface area contributed by atoms with Crippen molar-refractivity contribution >= 4 is 11.6 Å². The zero-order valence-corrected chi connectivity index (χ0v) is 11.3. The second kappa shape index (κ2) is 6.43. The molecular formula is C14H16F4N2O. The minimum Gasteiger partial charge on any atom is -0.326 e. The van der Waals surface area contributed by atoms with Crippen LogP contribution in [-0.2, 0) is 11.0 Å². The Hall–Kier alpha value is -1.63. The Labute approximate surface area is 119 Å². The Morgan fingerprint density at radius 3 is 2.71 bits per heavy atom. The van der Waals surface area contributed by atoms with Crippen LogP contribution in [0.5, 0.6) is 0 Å². The summed E-state index contributed by atoms with van der Waals surface area (Å²) in [5.41, 5.74) is -1.43. The number of rotatable bonds is 3. The molecule has 7 heteroatoms. The highest BCUT2D eigenvalue weighted by Gasteiger charge is 2.34. The van der Waals surface area contributed by atoms with Crippen LogP contribution in [0.25, 0.3) is 0 Å². The van der Waals surface area contributed by atoms with Gasteiger partial charge in [-0.15, -0.1) is 0 Å². The molecule has 0 aromatic heterocycles. The van der Waals surface area contributed by atoms with Crippen molar-refractivity contribution < 1.29 is 22.4 Å². The maximum absolute atomic E-state index is 13.1. The largest absolute Gasteiger partial charge is 0.419 e. The van der Waals surface area contributed by atoms with Crippen LogP contribution < -0.4 is 10.6 Å². The maximum atomic E-state index is 13.1. The Morgan fingerprint density at radius 1 is 1.33 bits per heavy atom. The second-order valence-corrected chi connectivity index (χ2v) is 5.09. The lowest BCUT2D eigenvalue weighted by atomic mass is 10.0. The van der Waals surface area contributed by atoms with Crippen molar-refractivity contribution in [3.05, 3.63) is 29.6 Å². The number of halogens is 4. The summed E-state index contributed by atoms with van der Waals surface area (Å²) in [6.45, 7) is 0.840. The predicted octanol–water partition coefficient (Wildman–Crippen LogP) is 3.32. The van der Waals surface area contributed by atoms with Gasteiger partial charge in [-0.1, -0.05) is 6.42 Å². The van der Waals surface area contributed by atoms with Crippen molar-refractivity contribution in [1.82, 2.24) is 5.32 Å². The molecule has 0 saturated carbocycles. The fourth-order valence-electron chi connectivity index (χ4n) is 2.35. The molecule has 1 aromatic rings. The van der Waals surface area contributed by atoms with Crippen LogP contribution in [0, 0.1) is 5.82 Å². The first kappa shape index (κ1) is 15.8. The summed E-state index contributed by atoms with van der Waals surface area (Å²) in [5, 5.41) is 5.56. The predicted molar refractivity (Wildman–Crippen MR) is 70.3 cm³/mol. The number of nitrogens with one attached hydrogen (secondary N) is 2. The number of amides is 1. The standard InChI is InChI=1S/C14H16F4N2O/c15-12-5-4-10(7-11(12)14(16,17)18)20-13(21)8-9-3-1-2-6-19-9/h4-5,7,9,19H,1-3,6,8H2,(H,20,21). The molecule has 21 heavy (non-hydrogen) atoms. The minimum atomic E-state index is -4.78. The van der Waals surface area contributed by atoms with Crippen LogP contribution in [0.3, 0.4) is 0 Å². The van der Waals surface area contributed by atoms with E-state index in [0.717, 1.165) is 31.9 Å². The molecular weight excluding hydrogens is 288 g/mol. The van der Waals surface area contributed by atoms with E-state index >= 15 is 0 Å². The summed E-state index contributed by atoms with van der Waals surface area (Å²) in [5.74, 6) is -1.73. The average Bonchev–Trinajstić information content (AvgIpc) is 2.41. The van der Waals surface area contributed by atoms with Gasteiger partial charge in [-0.3, -0.25) is 4.79 Å². The zero-order valence-electron chi connectivity index (χ0n) is 11.3. The molecule has 1 heterocycles. The highest BCUT2D eigenvalue weighted by Crippen LogP contribution is 2.33. The molecule has 1 aliphatic heterocycles. The Morgan fingerprint density at radius 2 is 2.10 bits per heavy atom. The number of carbonyl (C=O) groups is 1. The number of anilines is 1. The minimum absolute atomic E-state index is 0.0429. The number of alkyl halides is 3. The molecule has 3 nitrogen and oxygen atoms in total. The van der Waals surface area contributed by atoms with E-state index in [1.807, 2.05) is 0 Å². The van der Waals surface area contributed by atoms with Gasteiger partial charge in [-0.25, -0.2) is 4.39 Å². The summed E-state index contributed by atoms with van der Waals surface area (Å²) in [6, 6.07) is 2.48. The third-order valence-electron chi connectivity index (χ3n) is 3.40. The van der Waals surface area contributed by atoms with Crippen molar-refractivity contribution in [2.45, 2.75) is 37.9 Å². The fourth-order valence-corrected chi connectivity index (χ4v) is 2.35. The highest BCUT2D eigenvalue weighted by molar-refractivity contribution is 5.91. The van der Waals surface area contributed by atoms with E-state index in [-0.39, 0.29) is 24.1 Å². The van der Waals surface area contributed by atoms with Crippen LogP contribution in [0.2, 0.25) is 0 Å². The molecule has 1 aliphatic rings. The summed E-state index contributed by atoms with van der Waals surface area (Å²) >= 11 is 0. The lowest BCUT2D eigenvalue weighted by Crippen LogP contribution is -2.36. The second-order valence-electron chi connectivity index (χ2n) is 5.09. The molecule has 116 valence electrons. The van der Waals surface area contributed by atoms with Gasteiger partial charge in [0.2, 0.25) is 5.91 Å². The Bertz CT molecular complexity index is 510. The number of hydrogen-bond donors (Lipinski definition) is 2. The van der Waals surface area contributed by atoms with E-state index in [2.05, 4.69) is 10.6 Å². The molecule has 2 N–H and O–H groups in total. The SMILES string of the molecule is O=C(CC1CCCCN1)Nc1ccc(F)c(C(F)(F)F)c1. The number of benzene rings is 1. The highest BCUT2D eigenvalue weighted by atomic mass is 19.4. The summed E-state index contributed by atoms with van der Waals surface area (Å²) in [6.07, 6.45) is -1.64. The molecule has 1 amide bonds. The van der Waals surface area contributed by atoms with E-state index < -0.39 is 17.6 Å². The number of carbonyl (C=O) groups excluding carboxylic acids is 1. The van der Waals surface area contributed by atoms with E-state index in [0.29, 0.717) is 12.1 Å². The zero-order chi connectivity index (χ0) is 15.5. The summed E-state index contributed by atoms with van der Waals surface area (Å²) in [7, 11) is 0. The lowest BCUT2D eigenvalue weighted by Gasteiger charge is -2.22. The quantitative estimate of drug-likeness (QED) is 0.841. The average molecular weight is 304 g/mol. The molecule has 0 bridgehead atoms. The Kier molecular flexibility index (Phi) is 4.82. The van der Waals surface area contributed by atoms with E-state index in [1.54, 1.807) is 0 Å². The topological polar surface area (TPSA) is 41.1 Å². The maximum Gasteiger partial charge on any atom is 0.419 e. The van der Waals surface area contributed by atoms with Gasteiger partial charge in [0.05, 0.1) is 5.56 Å². The van der Waals surface area contributed by atoms with E-state index in [4.69, 9.17) is 0 Å². The van der Waals surface area contributed by atoms with Gasteiger partial charge < -0.3 is 10.6 Å². The molecule has 1 saturated heterocycles. The van der Waals surface area contributed by atoms with Gasteiger partial charge in [-0.2, -0.15) is 13.2 Å². The van der Waals surface area contributed by atoms with Gasteiger partial charge in [0.1, 0.15) is 5.82 Å². The smallest absolute Gasteiger partial charge is 0.326 e. The molecule has 1 aromatic carbocycles. The molecule has 1 unspecified atom stereocenters. The molecule has 0 aliphatic carbocycles. The summed E-state index contributed by atoms with van der Waals surface area (Å²) < 4.78 is 50.9. The van der Waals surface area contributed by atoms with Crippen LogP contribution in [0.15, 0.2) is 18.2 Å². The van der Waals surface area contributed by atoms with E-state index in [1.165, 1.54) is 0 Å². The van der Waals surface area contributed by atoms with Crippen molar-refractivity contribution in [3.63, 3.8) is 0 Å². The molecule has 1 atom stereocenters. The van der Waals surface area contributed by atoms with Gasteiger partial charge in [0, 0.05) is 18.2 Å². The fraction of sp³-hybridized carbons (Fsp3) is 0.500. The van der Waals surface area contributed by atoms with Crippen LogP contribution in [0.1, 0.15) is 31.2 Å². The van der Waals surface area contributed by atoms with Gasteiger partial charge in [-0.05, 0) is 37.6 Å². The molecule has 2 rings (SSSR count). The number of hydrogen-bond acceptors (Lipinski definition) is 2. The third kappa shape index (κ3) is 4.42. The van der Waals surface area contributed by atoms with Crippen LogP contribution in [-0.4, -0.2) is 18.5 Å². The molecule has 0 spiro atoms. The monoisotopic (exact) mass is 304 g/mol. The first-order valence-electron chi connectivity index (χ1n) is 6.76. The van der Waals surface area contributed by atoms with Gasteiger partial charge in [0.25, 0.3) is 0 Å². The van der Waals surface area contributed by atoms with Crippen molar-refractivity contribution in [2.24, 2.45) is 0 Å². The number of piperidine rings is 1. The van der Waals surface area contributed by atoms with Crippen LogP contribution >= 0.6 is 0 Å².